The van der Waals surface area contributed by atoms with Gasteiger partial charge < -0.3 is 9.88 Å². The molecule has 0 amide bonds. The highest BCUT2D eigenvalue weighted by atomic mass is 32.2. The summed E-state index contributed by atoms with van der Waals surface area (Å²) in [6.07, 6.45) is 8.02. The molecule has 1 aliphatic carbocycles. The lowest BCUT2D eigenvalue weighted by Gasteiger charge is -2.42. The zero-order chi connectivity index (χ0) is 17.4. The zero-order valence-corrected chi connectivity index (χ0v) is 15.2. The second-order valence-electron chi connectivity index (χ2n) is 6.95. The van der Waals surface area contributed by atoms with E-state index in [4.69, 9.17) is 0 Å². The number of piperidine rings is 1. The number of nitrogens with one attached hydrogen (secondary N) is 2. The van der Waals surface area contributed by atoms with E-state index in [2.05, 4.69) is 24.6 Å². The summed E-state index contributed by atoms with van der Waals surface area (Å²) in [7, 11) is -1.34. The van der Waals surface area contributed by atoms with Crippen molar-refractivity contribution in [1.82, 2.24) is 24.0 Å². The van der Waals surface area contributed by atoms with Crippen molar-refractivity contribution < 1.29 is 8.42 Å². The Labute approximate surface area is 147 Å². The molecule has 0 spiro atoms. The van der Waals surface area contributed by atoms with Crippen LogP contribution in [0.2, 0.25) is 0 Å². The van der Waals surface area contributed by atoms with Crippen LogP contribution in [-0.2, 0) is 10.2 Å². The molecule has 1 aliphatic heterocycles. The SMILES string of the molecule is CN(c1ncnc2[nH]ccc12)C1CC(NS(=O)(=O)N2CCCCC2)C1. The first-order chi connectivity index (χ1) is 12.0. The van der Waals surface area contributed by atoms with Crippen molar-refractivity contribution >= 4 is 27.1 Å². The van der Waals surface area contributed by atoms with Crippen LogP contribution in [0.15, 0.2) is 18.6 Å². The number of H-pyrrole nitrogens is 1. The van der Waals surface area contributed by atoms with Gasteiger partial charge >= 0.3 is 0 Å². The third-order valence-corrected chi connectivity index (χ3v) is 6.97. The summed E-state index contributed by atoms with van der Waals surface area (Å²) >= 11 is 0. The predicted octanol–water partition coefficient (Wildman–Crippen LogP) is 1.25. The molecule has 2 aliphatic rings. The molecule has 8 nitrogen and oxygen atoms in total. The monoisotopic (exact) mass is 364 g/mol. The smallest absolute Gasteiger partial charge is 0.279 e. The van der Waals surface area contributed by atoms with E-state index in [9.17, 15) is 8.42 Å². The number of anilines is 1. The van der Waals surface area contributed by atoms with Crippen molar-refractivity contribution in [2.75, 3.05) is 25.0 Å². The fourth-order valence-electron chi connectivity index (χ4n) is 3.70. The molecule has 3 heterocycles. The van der Waals surface area contributed by atoms with Crippen LogP contribution in [0.1, 0.15) is 32.1 Å². The van der Waals surface area contributed by atoms with Crippen LogP contribution < -0.4 is 9.62 Å². The highest BCUT2D eigenvalue weighted by Crippen LogP contribution is 2.31. The molecule has 2 aromatic heterocycles. The lowest BCUT2D eigenvalue weighted by molar-refractivity contribution is 0.295. The Hall–Kier alpha value is -1.71. The van der Waals surface area contributed by atoms with Crippen LogP contribution in [0.5, 0.6) is 0 Å². The van der Waals surface area contributed by atoms with E-state index >= 15 is 0 Å². The number of aromatic nitrogens is 3. The number of fused-ring (bicyclic) bond motifs is 1. The van der Waals surface area contributed by atoms with Gasteiger partial charge in [-0.3, -0.25) is 0 Å². The Balaban J connectivity index is 1.38. The van der Waals surface area contributed by atoms with Gasteiger partial charge in [-0.25, -0.2) is 9.97 Å². The number of rotatable bonds is 5. The van der Waals surface area contributed by atoms with Crippen molar-refractivity contribution in [2.45, 2.75) is 44.2 Å². The van der Waals surface area contributed by atoms with E-state index in [1.807, 2.05) is 19.3 Å². The van der Waals surface area contributed by atoms with Crippen molar-refractivity contribution in [3.05, 3.63) is 18.6 Å². The third kappa shape index (κ3) is 3.23. The molecule has 1 saturated heterocycles. The summed E-state index contributed by atoms with van der Waals surface area (Å²) in [4.78, 5) is 13.8. The third-order valence-electron chi connectivity index (χ3n) is 5.30. The van der Waals surface area contributed by atoms with Crippen molar-refractivity contribution in [2.24, 2.45) is 0 Å². The second-order valence-corrected chi connectivity index (χ2v) is 8.66. The first-order valence-electron chi connectivity index (χ1n) is 8.83. The molecule has 1 saturated carbocycles. The van der Waals surface area contributed by atoms with E-state index in [0.29, 0.717) is 13.1 Å². The summed E-state index contributed by atoms with van der Waals surface area (Å²) in [5.74, 6) is 0.883. The zero-order valence-electron chi connectivity index (χ0n) is 14.4. The van der Waals surface area contributed by atoms with Gasteiger partial charge in [0, 0.05) is 38.4 Å². The van der Waals surface area contributed by atoms with Crippen LogP contribution in [0.25, 0.3) is 11.0 Å². The number of hydrogen-bond donors (Lipinski definition) is 2. The number of nitrogens with zero attached hydrogens (tertiary/aromatic N) is 4. The highest BCUT2D eigenvalue weighted by molar-refractivity contribution is 7.87. The molecular formula is C16H24N6O2S. The van der Waals surface area contributed by atoms with Crippen molar-refractivity contribution in [3.8, 4) is 0 Å². The largest absolute Gasteiger partial charge is 0.356 e. The second kappa shape index (κ2) is 6.54. The fraction of sp³-hybridized carbons (Fsp3) is 0.625. The normalized spacial score (nSPS) is 25.0. The minimum absolute atomic E-state index is 0.00271. The Kier molecular flexibility index (Phi) is 4.38. The Morgan fingerprint density at radius 1 is 1.24 bits per heavy atom. The maximum absolute atomic E-state index is 12.5. The molecule has 2 fully saturated rings. The van der Waals surface area contributed by atoms with E-state index in [-0.39, 0.29) is 12.1 Å². The molecule has 0 radical (unpaired) electrons. The van der Waals surface area contributed by atoms with E-state index in [1.54, 1.807) is 10.6 Å². The van der Waals surface area contributed by atoms with Gasteiger partial charge in [-0.2, -0.15) is 17.4 Å². The van der Waals surface area contributed by atoms with Gasteiger partial charge in [0.1, 0.15) is 17.8 Å². The molecule has 25 heavy (non-hydrogen) atoms. The molecule has 9 heteroatoms. The molecule has 0 aromatic carbocycles. The van der Waals surface area contributed by atoms with Gasteiger partial charge in [0.15, 0.2) is 0 Å². The van der Waals surface area contributed by atoms with Gasteiger partial charge in [0.25, 0.3) is 10.2 Å². The Morgan fingerprint density at radius 3 is 2.76 bits per heavy atom. The lowest BCUT2D eigenvalue weighted by atomic mass is 9.86. The Bertz CT molecular complexity index is 839. The quantitative estimate of drug-likeness (QED) is 0.833. The molecule has 2 N–H and O–H groups in total. The van der Waals surface area contributed by atoms with Gasteiger partial charge in [0.2, 0.25) is 0 Å². The van der Waals surface area contributed by atoms with E-state index in [0.717, 1.165) is 49.0 Å². The van der Waals surface area contributed by atoms with Gasteiger partial charge in [-0.1, -0.05) is 6.42 Å². The summed E-state index contributed by atoms with van der Waals surface area (Å²) < 4.78 is 29.4. The first-order valence-corrected chi connectivity index (χ1v) is 10.3. The Morgan fingerprint density at radius 2 is 2.00 bits per heavy atom. The standard InChI is InChI=1S/C16H24N6O2S/c1-21(16-14-5-6-17-15(14)18-11-19-16)13-9-12(10-13)20-25(23,24)22-7-3-2-4-8-22/h5-6,11-13,20H,2-4,7-10H2,1H3,(H,17,18,19). The maximum atomic E-state index is 12.5. The van der Waals surface area contributed by atoms with Crippen LogP contribution >= 0.6 is 0 Å². The molecule has 0 bridgehead atoms. The summed E-state index contributed by atoms with van der Waals surface area (Å²) in [6, 6.07) is 2.25. The molecule has 0 unspecified atom stereocenters. The van der Waals surface area contributed by atoms with Crippen LogP contribution in [0.3, 0.4) is 0 Å². The minimum atomic E-state index is -3.35. The number of hydrogen-bond acceptors (Lipinski definition) is 5. The molecule has 2 aromatic rings. The fourth-order valence-corrected chi connectivity index (χ4v) is 5.21. The van der Waals surface area contributed by atoms with Crippen LogP contribution in [-0.4, -0.2) is 59.9 Å². The average molecular weight is 364 g/mol. The van der Waals surface area contributed by atoms with Crippen LogP contribution in [0, 0.1) is 0 Å². The predicted molar refractivity (Wildman–Crippen MR) is 96.6 cm³/mol. The maximum Gasteiger partial charge on any atom is 0.279 e. The molecular weight excluding hydrogens is 340 g/mol. The molecule has 136 valence electrons. The van der Waals surface area contributed by atoms with Gasteiger partial charge in [-0.15, -0.1) is 0 Å². The summed E-state index contributed by atoms with van der Waals surface area (Å²) in [5, 5.41) is 0.988. The van der Waals surface area contributed by atoms with Crippen molar-refractivity contribution in [3.63, 3.8) is 0 Å². The summed E-state index contributed by atoms with van der Waals surface area (Å²) in [5.41, 5.74) is 0.818. The van der Waals surface area contributed by atoms with E-state index in [1.165, 1.54) is 0 Å². The van der Waals surface area contributed by atoms with Crippen LogP contribution in [0.4, 0.5) is 5.82 Å². The summed E-state index contributed by atoms with van der Waals surface area (Å²) in [6.45, 7) is 1.27. The van der Waals surface area contributed by atoms with Crippen molar-refractivity contribution in [1.29, 1.82) is 0 Å². The number of aromatic amines is 1. The molecule has 0 atom stereocenters. The highest BCUT2D eigenvalue weighted by Gasteiger charge is 2.37. The van der Waals surface area contributed by atoms with E-state index < -0.39 is 10.2 Å². The van der Waals surface area contributed by atoms with Gasteiger partial charge in [-0.05, 0) is 31.7 Å². The minimum Gasteiger partial charge on any atom is -0.356 e. The first kappa shape index (κ1) is 16.7. The topological polar surface area (TPSA) is 94.2 Å². The lowest BCUT2D eigenvalue weighted by Crippen LogP contribution is -2.56. The average Bonchev–Trinajstić information content (AvgIpc) is 3.06. The van der Waals surface area contributed by atoms with Gasteiger partial charge in [0.05, 0.1) is 5.39 Å². The molecule has 4 rings (SSSR count).